The minimum absolute atomic E-state index is 0.291. The zero-order valence-electron chi connectivity index (χ0n) is 15.9. The largest absolute Gasteiger partial charge is 0.351 e. The van der Waals surface area contributed by atoms with Crippen molar-refractivity contribution in [2.45, 2.75) is 63.1 Å². The van der Waals surface area contributed by atoms with Crippen LogP contribution in [-0.4, -0.2) is 33.1 Å². The number of pyridine rings is 2. The third-order valence-corrected chi connectivity index (χ3v) is 6.55. The number of nitrogens with two attached hydrogens (primary N) is 1. The third-order valence-electron chi connectivity index (χ3n) is 6.36. The van der Waals surface area contributed by atoms with Crippen LogP contribution in [0, 0.1) is 0 Å². The van der Waals surface area contributed by atoms with Crippen molar-refractivity contribution in [3.8, 4) is 11.1 Å². The Bertz CT molecular complexity index is 980. The van der Waals surface area contributed by atoms with Crippen LogP contribution in [0.2, 0.25) is 5.15 Å². The van der Waals surface area contributed by atoms with Crippen LogP contribution in [0.4, 0.5) is 5.82 Å². The number of nitrogens with zero attached hydrogens (tertiary/aromatic N) is 3. The smallest absolute Gasteiger partial charge is 0.137 e. The van der Waals surface area contributed by atoms with Gasteiger partial charge < -0.3 is 15.6 Å². The molecule has 0 spiro atoms. The van der Waals surface area contributed by atoms with Gasteiger partial charge in [0, 0.05) is 41.5 Å². The maximum atomic E-state index is 6.51. The van der Waals surface area contributed by atoms with E-state index in [9.17, 15) is 0 Å². The summed E-state index contributed by atoms with van der Waals surface area (Å²) in [6.45, 7) is 0. The van der Waals surface area contributed by atoms with E-state index >= 15 is 0 Å². The zero-order valence-corrected chi connectivity index (χ0v) is 16.7. The summed E-state index contributed by atoms with van der Waals surface area (Å²) in [4.78, 5) is 15.0. The van der Waals surface area contributed by atoms with Crippen molar-refractivity contribution in [3.05, 3.63) is 41.8 Å². The van der Waals surface area contributed by atoms with E-state index in [1.807, 2.05) is 18.3 Å². The van der Waals surface area contributed by atoms with Crippen molar-refractivity contribution in [1.29, 1.82) is 0 Å². The van der Waals surface area contributed by atoms with Crippen molar-refractivity contribution in [2.75, 3.05) is 4.90 Å². The van der Waals surface area contributed by atoms with Crippen molar-refractivity contribution < 1.29 is 0 Å². The van der Waals surface area contributed by atoms with Crippen LogP contribution < -0.4 is 10.6 Å². The van der Waals surface area contributed by atoms with Crippen LogP contribution >= 0.6 is 11.6 Å². The Labute approximate surface area is 170 Å². The predicted molar refractivity (Wildman–Crippen MR) is 115 cm³/mol. The van der Waals surface area contributed by atoms with E-state index in [0.29, 0.717) is 23.3 Å². The molecule has 5 nitrogen and oxygen atoms in total. The molecule has 0 bridgehead atoms. The van der Waals surface area contributed by atoms with Gasteiger partial charge in [-0.1, -0.05) is 11.6 Å². The lowest BCUT2D eigenvalue weighted by Crippen LogP contribution is -2.50. The van der Waals surface area contributed by atoms with Crippen molar-refractivity contribution in [1.82, 2.24) is 15.0 Å². The van der Waals surface area contributed by atoms with Crippen LogP contribution in [0.15, 0.2) is 36.7 Å². The van der Waals surface area contributed by atoms with Gasteiger partial charge in [0.2, 0.25) is 0 Å². The fourth-order valence-electron chi connectivity index (χ4n) is 4.76. The van der Waals surface area contributed by atoms with E-state index in [-0.39, 0.29) is 0 Å². The standard InChI is InChI=1S/C22H26ClN5/c23-20-10-14(19-13-26-22-18(19)8-3-9-25-22)11-21(27-20)28(16-5-2-6-16)17-7-1-4-15(24)12-17/h3,8-11,13,15-17H,1-2,4-7,12,24H2,(H,25,26). The summed E-state index contributed by atoms with van der Waals surface area (Å²) >= 11 is 6.51. The average molecular weight is 396 g/mol. The molecule has 2 aliphatic carbocycles. The summed E-state index contributed by atoms with van der Waals surface area (Å²) in [6, 6.07) is 9.50. The number of rotatable bonds is 4. The monoisotopic (exact) mass is 395 g/mol. The molecule has 3 aromatic rings. The first-order valence-electron chi connectivity index (χ1n) is 10.3. The number of aromatic amines is 1. The zero-order chi connectivity index (χ0) is 19.1. The van der Waals surface area contributed by atoms with E-state index in [1.54, 1.807) is 6.20 Å². The Morgan fingerprint density at radius 3 is 2.71 bits per heavy atom. The van der Waals surface area contributed by atoms with Crippen LogP contribution in [-0.2, 0) is 0 Å². The quantitative estimate of drug-likeness (QED) is 0.616. The van der Waals surface area contributed by atoms with Gasteiger partial charge in [0.15, 0.2) is 0 Å². The molecule has 2 fully saturated rings. The molecular weight excluding hydrogens is 370 g/mol. The SMILES string of the molecule is NC1CCCC(N(c2cc(-c3c[nH]c4ncccc34)cc(Cl)n2)C2CCC2)C1. The first kappa shape index (κ1) is 18.0. The summed E-state index contributed by atoms with van der Waals surface area (Å²) in [6.07, 6.45) is 12.1. The number of H-pyrrole nitrogens is 1. The summed E-state index contributed by atoms with van der Waals surface area (Å²) in [5.74, 6) is 0.990. The molecule has 0 radical (unpaired) electrons. The highest BCUT2D eigenvalue weighted by molar-refractivity contribution is 6.29. The van der Waals surface area contributed by atoms with Gasteiger partial charge in [-0.3, -0.25) is 0 Å². The molecule has 146 valence electrons. The van der Waals surface area contributed by atoms with Gasteiger partial charge in [0.1, 0.15) is 16.6 Å². The molecule has 3 aromatic heterocycles. The lowest BCUT2D eigenvalue weighted by molar-refractivity contribution is 0.300. The number of halogens is 1. The highest BCUT2D eigenvalue weighted by Crippen LogP contribution is 2.38. The number of fused-ring (bicyclic) bond motifs is 1. The molecule has 6 heteroatoms. The fourth-order valence-corrected chi connectivity index (χ4v) is 4.96. The molecule has 28 heavy (non-hydrogen) atoms. The average Bonchev–Trinajstić information content (AvgIpc) is 3.08. The van der Waals surface area contributed by atoms with E-state index in [1.165, 1.54) is 32.1 Å². The van der Waals surface area contributed by atoms with E-state index in [0.717, 1.165) is 40.8 Å². The van der Waals surface area contributed by atoms with Gasteiger partial charge in [-0.2, -0.15) is 0 Å². The van der Waals surface area contributed by atoms with Crippen molar-refractivity contribution in [2.24, 2.45) is 5.73 Å². The van der Waals surface area contributed by atoms with Crippen LogP contribution in [0.3, 0.4) is 0 Å². The summed E-state index contributed by atoms with van der Waals surface area (Å²) in [5.41, 5.74) is 9.40. The lowest BCUT2D eigenvalue weighted by atomic mass is 9.85. The Balaban J connectivity index is 1.56. The second-order valence-electron chi connectivity index (χ2n) is 8.21. The molecular formula is C22H26ClN5. The molecule has 2 unspecified atom stereocenters. The van der Waals surface area contributed by atoms with Gasteiger partial charge in [-0.15, -0.1) is 0 Å². The molecule has 2 aliphatic rings. The van der Waals surface area contributed by atoms with Gasteiger partial charge in [-0.25, -0.2) is 9.97 Å². The topological polar surface area (TPSA) is 70.8 Å². The molecule has 5 rings (SSSR count). The highest BCUT2D eigenvalue weighted by Gasteiger charge is 2.34. The summed E-state index contributed by atoms with van der Waals surface area (Å²) in [5, 5.41) is 1.64. The maximum absolute atomic E-state index is 6.51. The highest BCUT2D eigenvalue weighted by atomic mass is 35.5. The van der Waals surface area contributed by atoms with Crippen molar-refractivity contribution >= 4 is 28.5 Å². The number of hydrogen-bond acceptors (Lipinski definition) is 4. The minimum Gasteiger partial charge on any atom is -0.351 e. The first-order chi connectivity index (χ1) is 13.7. The summed E-state index contributed by atoms with van der Waals surface area (Å²) < 4.78 is 0. The number of aromatic nitrogens is 3. The van der Waals surface area contributed by atoms with Crippen LogP contribution in [0.1, 0.15) is 44.9 Å². The van der Waals surface area contributed by atoms with Gasteiger partial charge >= 0.3 is 0 Å². The normalized spacial score (nSPS) is 22.9. The van der Waals surface area contributed by atoms with Crippen LogP contribution in [0.5, 0.6) is 0 Å². The number of hydrogen-bond donors (Lipinski definition) is 2. The predicted octanol–water partition coefficient (Wildman–Crippen LogP) is 4.91. The summed E-state index contributed by atoms with van der Waals surface area (Å²) in [7, 11) is 0. The number of nitrogens with one attached hydrogen (secondary N) is 1. The van der Waals surface area contributed by atoms with Crippen molar-refractivity contribution in [3.63, 3.8) is 0 Å². The molecule has 3 N–H and O–H groups in total. The van der Waals surface area contributed by atoms with E-state index in [4.69, 9.17) is 22.3 Å². The molecule has 0 amide bonds. The molecule has 0 aliphatic heterocycles. The second kappa shape index (κ2) is 7.37. The Hall–Kier alpha value is -2.11. The second-order valence-corrected chi connectivity index (χ2v) is 8.60. The Kier molecular flexibility index (Phi) is 4.73. The number of anilines is 1. The molecule has 2 atom stereocenters. The fraction of sp³-hybridized carbons (Fsp3) is 0.455. The minimum atomic E-state index is 0.291. The molecule has 0 aromatic carbocycles. The molecule has 2 saturated carbocycles. The molecule has 3 heterocycles. The molecule has 0 saturated heterocycles. The third kappa shape index (κ3) is 3.27. The first-order valence-corrected chi connectivity index (χ1v) is 10.7. The van der Waals surface area contributed by atoms with Gasteiger partial charge in [-0.05, 0) is 74.8 Å². The van der Waals surface area contributed by atoms with Crippen LogP contribution in [0.25, 0.3) is 22.2 Å². The maximum Gasteiger partial charge on any atom is 0.137 e. The Morgan fingerprint density at radius 2 is 1.93 bits per heavy atom. The Morgan fingerprint density at radius 1 is 1.11 bits per heavy atom. The van der Waals surface area contributed by atoms with E-state index < -0.39 is 0 Å². The van der Waals surface area contributed by atoms with Gasteiger partial charge in [0.05, 0.1) is 0 Å². The van der Waals surface area contributed by atoms with E-state index in [2.05, 4.69) is 27.0 Å². The lowest BCUT2D eigenvalue weighted by Gasteiger charge is -2.46. The van der Waals surface area contributed by atoms with Gasteiger partial charge in [0.25, 0.3) is 0 Å².